The summed E-state index contributed by atoms with van der Waals surface area (Å²) in [4.78, 5) is 25.1. The van der Waals surface area contributed by atoms with E-state index < -0.39 is 5.91 Å². The normalized spacial score (nSPS) is 10.2. The highest BCUT2D eigenvalue weighted by Crippen LogP contribution is 2.25. The third kappa shape index (κ3) is 5.86. The van der Waals surface area contributed by atoms with Crippen LogP contribution < -0.4 is 5.73 Å². The summed E-state index contributed by atoms with van der Waals surface area (Å²) in [5.74, 6) is 0.306. The van der Waals surface area contributed by atoms with Gasteiger partial charge in [0.1, 0.15) is 0 Å². The molecule has 0 unspecified atom stereocenters. The molecule has 28 heavy (non-hydrogen) atoms. The minimum atomic E-state index is -0.467. The zero-order chi connectivity index (χ0) is 20.4. The van der Waals surface area contributed by atoms with E-state index in [9.17, 15) is 9.59 Å². The van der Waals surface area contributed by atoms with Crippen LogP contribution in [0.2, 0.25) is 0 Å². The summed E-state index contributed by atoms with van der Waals surface area (Å²) in [5, 5.41) is 26.1. The van der Waals surface area contributed by atoms with Crippen molar-refractivity contribution < 1.29 is 14.0 Å². The largest absolute Gasteiger partial charge is 0.461 e. The molecule has 2 rings (SSSR count). The van der Waals surface area contributed by atoms with E-state index in [2.05, 4.69) is 10.2 Å². The van der Waals surface area contributed by atoms with Gasteiger partial charge in [0.15, 0.2) is 16.7 Å². The second-order valence-electron chi connectivity index (χ2n) is 5.64. The van der Waals surface area contributed by atoms with Gasteiger partial charge in [-0.3, -0.25) is 14.2 Å². The van der Waals surface area contributed by atoms with Crippen LogP contribution in [0.1, 0.15) is 19.3 Å². The van der Waals surface area contributed by atoms with Crippen molar-refractivity contribution in [3.05, 3.63) is 18.4 Å². The Morgan fingerprint density at radius 3 is 2.54 bits per heavy atom. The molecule has 0 aliphatic rings. The predicted molar refractivity (Wildman–Crippen MR) is 99.3 cm³/mol. The second-order valence-corrected chi connectivity index (χ2v) is 6.58. The average molecular weight is 401 g/mol. The molecule has 0 spiro atoms. The van der Waals surface area contributed by atoms with Gasteiger partial charge in [0.25, 0.3) is 0 Å². The van der Waals surface area contributed by atoms with Crippen LogP contribution in [0, 0.1) is 22.7 Å². The van der Waals surface area contributed by atoms with E-state index >= 15 is 0 Å². The van der Waals surface area contributed by atoms with E-state index in [1.165, 1.54) is 11.2 Å². The SMILES string of the molecule is N#CCCN(CCC#N)C(=O)CSc1nnc(-c2ccco2)n1CCC(N)=O. The molecule has 0 aliphatic heterocycles. The van der Waals surface area contributed by atoms with Crippen molar-refractivity contribution in [2.75, 3.05) is 18.8 Å². The molecule has 0 saturated carbocycles. The zero-order valence-corrected chi connectivity index (χ0v) is 15.9. The number of carbonyl (C=O) groups is 2. The lowest BCUT2D eigenvalue weighted by molar-refractivity contribution is -0.128. The van der Waals surface area contributed by atoms with E-state index in [0.29, 0.717) is 16.7 Å². The summed E-state index contributed by atoms with van der Waals surface area (Å²) >= 11 is 1.16. The van der Waals surface area contributed by atoms with Crippen LogP contribution >= 0.6 is 11.8 Å². The molecule has 2 aromatic rings. The molecule has 0 bridgehead atoms. The number of nitrogens with two attached hydrogens (primary N) is 1. The monoisotopic (exact) mass is 401 g/mol. The van der Waals surface area contributed by atoms with Crippen molar-refractivity contribution in [3.8, 4) is 23.7 Å². The highest BCUT2D eigenvalue weighted by atomic mass is 32.2. The van der Waals surface area contributed by atoms with Crippen LogP contribution in [0.5, 0.6) is 0 Å². The lowest BCUT2D eigenvalue weighted by Crippen LogP contribution is -2.34. The first-order valence-corrected chi connectivity index (χ1v) is 9.45. The van der Waals surface area contributed by atoms with Crippen LogP contribution in [0.15, 0.2) is 28.0 Å². The van der Waals surface area contributed by atoms with Crippen LogP contribution in [0.3, 0.4) is 0 Å². The van der Waals surface area contributed by atoms with Gasteiger partial charge in [0, 0.05) is 26.1 Å². The number of nitrogens with zero attached hydrogens (tertiary/aromatic N) is 6. The summed E-state index contributed by atoms with van der Waals surface area (Å²) in [6.45, 7) is 0.786. The van der Waals surface area contributed by atoms with Gasteiger partial charge >= 0.3 is 0 Å². The number of furan rings is 1. The number of hydrogen-bond donors (Lipinski definition) is 1. The summed E-state index contributed by atoms with van der Waals surface area (Å²) in [7, 11) is 0. The Labute approximate surface area is 165 Å². The standard InChI is InChI=1S/C17H19N7O3S/c18-6-2-8-23(9-3-7-19)15(26)12-28-17-22-21-16(13-4-1-11-27-13)24(17)10-5-14(20)25/h1,4,11H,2-3,5,8-10,12H2,(H2,20,25). The zero-order valence-electron chi connectivity index (χ0n) is 15.1. The van der Waals surface area contributed by atoms with E-state index in [-0.39, 0.29) is 50.6 Å². The number of amides is 2. The fourth-order valence-corrected chi connectivity index (χ4v) is 3.22. The van der Waals surface area contributed by atoms with Gasteiger partial charge in [0.05, 0.1) is 37.0 Å². The maximum atomic E-state index is 12.5. The van der Waals surface area contributed by atoms with Gasteiger partial charge in [0.2, 0.25) is 11.8 Å². The summed E-state index contributed by atoms with van der Waals surface area (Å²) < 4.78 is 7.02. The Morgan fingerprint density at radius 1 is 1.25 bits per heavy atom. The van der Waals surface area contributed by atoms with Crippen LogP contribution in [0.4, 0.5) is 0 Å². The van der Waals surface area contributed by atoms with E-state index in [1.807, 2.05) is 12.1 Å². The Balaban J connectivity index is 2.11. The molecule has 11 heteroatoms. The minimum absolute atomic E-state index is 0.0592. The predicted octanol–water partition coefficient (Wildman–Crippen LogP) is 1.16. The topological polar surface area (TPSA) is 155 Å². The number of nitriles is 2. The van der Waals surface area contributed by atoms with Crippen LogP contribution in [0.25, 0.3) is 11.6 Å². The lowest BCUT2D eigenvalue weighted by atomic mass is 10.3. The van der Waals surface area contributed by atoms with Crippen molar-refractivity contribution in [3.63, 3.8) is 0 Å². The van der Waals surface area contributed by atoms with Gasteiger partial charge in [-0.1, -0.05) is 11.8 Å². The van der Waals surface area contributed by atoms with Gasteiger partial charge in [-0.05, 0) is 12.1 Å². The molecule has 0 fully saturated rings. The molecule has 0 aliphatic carbocycles. The minimum Gasteiger partial charge on any atom is -0.461 e. The van der Waals surface area contributed by atoms with Crippen molar-refractivity contribution in [2.24, 2.45) is 5.73 Å². The average Bonchev–Trinajstić information content (AvgIpc) is 3.33. The Hall–Kier alpha value is -3.31. The van der Waals surface area contributed by atoms with Crippen molar-refractivity contribution in [1.29, 1.82) is 10.5 Å². The number of rotatable bonds is 11. The number of primary amides is 1. The van der Waals surface area contributed by atoms with Gasteiger partial charge in [-0.2, -0.15) is 10.5 Å². The summed E-state index contributed by atoms with van der Waals surface area (Å²) in [5.41, 5.74) is 5.25. The first kappa shape index (κ1) is 21.0. The van der Waals surface area contributed by atoms with Crippen LogP contribution in [-0.2, 0) is 16.1 Å². The third-order valence-corrected chi connectivity index (χ3v) is 4.66. The van der Waals surface area contributed by atoms with Crippen molar-refractivity contribution in [1.82, 2.24) is 19.7 Å². The first-order chi connectivity index (χ1) is 13.6. The molecule has 0 radical (unpaired) electrons. The quantitative estimate of drug-likeness (QED) is 0.550. The molecule has 2 heterocycles. The lowest BCUT2D eigenvalue weighted by Gasteiger charge is -2.20. The number of aromatic nitrogens is 3. The smallest absolute Gasteiger partial charge is 0.233 e. The first-order valence-electron chi connectivity index (χ1n) is 8.46. The number of carbonyl (C=O) groups excluding carboxylic acids is 2. The Bertz CT molecular complexity index is 862. The molecule has 2 aromatic heterocycles. The molecule has 0 atom stereocenters. The highest BCUT2D eigenvalue weighted by molar-refractivity contribution is 7.99. The van der Waals surface area contributed by atoms with E-state index in [4.69, 9.17) is 20.7 Å². The van der Waals surface area contributed by atoms with Gasteiger partial charge in [-0.15, -0.1) is 10.2 Å². The fraction of sp³-hybridized carbons (Fsp3) is 0.412. The maximum Gasteiger partial charge on any atom is 0.233 e. The van der Waals surface area contributed by atoms with Gasteiger partial charge < -0.3 is 15.1 Å². The Kier molecular flexibility index (Phi) is 8.06. The van der Waals surface area contributed by atoms with Crippen molar-refractivity contribution >= 4 is 23.6 Å². The second kappa shape index (κ2) is 10.7. The van der Waals surface area contributed by atoms with E-state index in [0.717, 1.165) is 11.8 Å². The summed E-state index contributed by atoms with van der Waals surface area (Å²) in [6.07, 6.45) is 1.98. The molecule has 2 amide bonds. The van der Waals surface area contributed by atoms with Crippen LogP contribution in [-0.4, -0.2) is 50.3 Å². The Morgan fingerprint density at radius 2 is 1.96 bits per heavy atom. The van der Waals surface area contributed by atoms with Crippen molar-refractivity contribution in [2.45, 2.75) is 31.0 Å². The van der Waals surface area contributed by atoms with E-state index in [1.54, 1.807) is 16.7 Å². The fourth-order valence-electron chi connectivity index (χ4n) is 2.36. The summed E-state index contributed by atoms with van der Waals surface area (Å²) in [6, 6.07) is 7.42. The van der Waals surface area contributed by atoms with Gasteiger partial charge in [-0.25, -0.2) is 0 Å². The molecule has 146 valence electrons. The number of hydrogen-bond acceptors (Lipinski definition) is 8. The molecule has 10 nitrogen and oxygen atoms in total. The number of thioether (sulfide) groups is 1. The molecule has 0 aromatic carbocycles. The third-order valence-electron chi connectivity index (χ3n) is 3.70. The molecule has 0 saturated heterocycles. The molecular formula is C17H19N7O3S. The molecule has 2 N–H and O–H groups in total. The molecular weight excluding hydrogens is 382 g/mol. The highest BCUT2D eigenvalue weighted by Gasteiger charge is 2.19. The maximum absolute atomic E-state index is 12.5.